The van der Waals surface area contributed by atoms with E-state index in [9.17, 15) is 24.0 Å². The lowest BCUT2D eigenvalue weighted by molar-refractivity contribution is -0.139. The molecule has 6 amide bonds. The average Bonchev–Trinajstić information content (AvgIpc) is 4.12. The molecule has 388 valence electrons. The van der Waals surface area contributed by atoms with Gasteiger partial charge >= 0.3 is 6.03 Å². The third kappa shape index (κ3) is 18.8. The number of hydrogen-bond acceptors (Lipinski definition) is 13. The zero-order valence-corrected chi connectivity index (χ0v) is 41.7. The van der Waals surface area contributed by atoms with E-state index < -0.39 is 18.0 Å². The van der Waals surface area contributed by atoms with Crippen molar-refractivity contribution in [2.75, 3.05) is 104 Å². The summed E-state index contributed by atoms with van der Waals surface area (Å²) in [6, 6.07) is 12.7. The maximum Gasteiger partial charge on any atom is 0.315 e. The molecule has 70 heavy (non-hydrogen) atoms. The first-order valence-electron chi connectivity index (χ1n) is 25.4. The molecule has 1 aliphatic carbocycles. The molecule has 0 radical (unpaired) electrons. The number of unbranched alkanes of at least 4 members (excludes halogenated alkanes) is 1. The van der Waals surface area contributed by atoms with Gasteiger partial charge in [-0.2, -0.15) is 11.8 Å². The van der Waals surface area contributed by atoms with E-state index in [0.717, 1.165) is 37.9 Å². The largest absolute Gasteiger partial charge is 0.497 e. The predicted octanol–water partition coefficient (Wildman–Crippen LogP) is 5.15. The van der Waals surface area contributed by atoms with Crippen LogP contribution in [0.3, 0.4) is 0 Å². The second kappa shape index (κ2) is 30.9. The second-order valence-electron chi connectivity index (χ2n) is 18.1. The molecule has 0 bridgehead atoms. The Balaban J connectivity index is 0.767. The zero-order valence-electron chi connectivity index (χ0n) is 40.9. The number of urea groups is 1. The Labute approximate surface area is 417 Å². The summed E-state index contributed by atoms with van der Waals surface area (Å²) in [4.78, 5) is 66.4. The van der Waals surface area contributed by atoms with Crippen molar-refractivity contribution >= 4 is 47.1 Å². The highest BCUT2D eigenvalue weighted by molar-refractivity contribution is 8.00. The van der Waals surface area contributed by atoms with Crippen LogP contribution in [0.5, 0.6) is 11.5 Å². The van der Waals surface area contributed by atoms with Crippen molar-refractivity contribution in [3.05, 3.63) is 54.1 Å². The smallest absolute Gasteiger partial charge is 0.315 e. The molecule has 2 aromatic rings. The van der Waals surface area contributed by atoms with Gasteiger partial charge in [0.25, 0.3) is 5.91 Å². The molecule has 4 fully saturated rings. The van der Waals surface area contributed by atoms with Gasteiger partial charge in [-0.15, -0.1) is 0 Å². The molecule has 18 nitrogen and oxygen atoms in total. The fourth-order valence-corrected chi connectivity index (χ4v) is 10.8. The molecule has 0 unspecified atom stereocenters. The van der Waals surface area contributed by atoms with Crippen molar-refractivity contribution < 1.29 is 57.1 Å². The van der Waals surface area contributed by atoms with Crippen LogP contribution in [0.1, 0.15) is 95.1 Å². The van der Waals surface area contributed by atoms with Crippen LogP contribution < -0.4 is 36.1 Å². The monoisotopic (exact) mass is 997 g/mol. The lowest BCUT2D eigenvalue weighted by Gasteiger charge is -2.28. The molecule has 19 heteroatoms. The van der Waals surface area contributed by atoms with Gasteiger partial charge in [-0.25, -0.2) is 4.79 Å². The Hall–Kier alpha value is -4.66. The summed E-state index contributed by atoms with van der Waals surface area (Å²) in [6.07, 6.45) is 11.9. The second-order valence-corrected chi connectivity index (χ2v) is 19.4. The van der Waals surface area contributed by atoms with E-state index in [2.05, 4.69) is 26.6 Å². The summed E-state index contributed by atoms with van der Waals surface area (Å²) in [5.74, 6) is 2.04. The fraction of sp³-hybridized carbons (Fsp3) is 0.667. The van der Waals surface area contributed by atoms with Crippen molar-refractivity contribution in [1.29, 1.82) is 0 Å². The lowest BCUT2D eigenvalue weighted by Crippen LogP contribution is -2.48. The van der Waals surface area contributed by atoms with Crippen molar-refractivity contribution in [3.8, 4) is 11.5 Å². The maximum atomic E-state index is 13.8. The van der Waals surface area contributed by atoms with Gasteiger partial charge in [-0.05, 0) is 80.0 Å². The molecule has 5 N–H and O–H groups in total. The highest BCUT2D eigenvalue weighted by atomic mass is 32.2. The lowest BCUT2D eigenvalue weighted by atomic mass is 9.86. The Kier molecular flexibility index (Phi) is 24.2. The number of nitrogens with one attached hydrogen (secondary N) is 5. The third-order valence-corrected chi connectivity index (χ3v) is 14.6. The Bertz CT molecular complexity index is 1890. The number of thioether (sulfide) groups is 1. The van der Waals surface area contributed by atoms with Crippen molar-refractivity contribution in [3.63, 3.8) is 0 Å². The van der Waals surface area contributed by atoms with Gasteiger partial charge in [0.05, 0.1) is 85.3 Å². The number of anilines is 1. The molecule has 1 saturated carbocycles. The highest BCUT2D eigenvalue weighted by Crippen LogP contribution is 2.33. The summed E-state index contributed by atoms with van der Waals surface area (Å²) in [5, 5.41) is 15.2. The quantitative estimate of drug-likeness (QED) is 0.0464. The van der Waals surface area contributed by atoms with E-state index >= 15 is 0 Å². The molecule has 2 aromatic carbocycles. The number of methoxy groups -OCH3 is 1. The molecule has 6 rings (SSSR count). The summed E-state index contributed by atoms with van der Waals surface area (Å²) >= 11 is 1.89. The van der Waals surface area contributed by atoms with E-state index in [1.807, 2.05) is 11.8 Å². The molecule has 4 aliphatic rings. The van der Waals surface area contributed by atoms with Crippen LogP contribution >= 0.6 is 11.8 Å². The summed E-state index contributed by atoms with van der Waals surface area (Å²) in [6.45, 7) is 5.49. The van der Waals surface area contributed by atoms with E-state index in [1.165, 1.54) is 32.1 Å². The molecular formula is C51H76N6O12S. The van der Waals surface area contributed by atoms with Crippen molar-refractivity contribution in [1.82, 2.24) is 26.2 Å². The highest BCUT2D eigenvalue weighted by Gasteiger charge is 2.42. The molecule has 5 atom stereocenters. The van der Waals surface area contributed by atoms with Crippen LogP contribution in [0.15, 0.2) is 48.5 Å². The first kappa shape index (κ1) is 54.7. The third-order valence-electron chi connectivity index (χ3n) is 13.1. The number of amides is 6. The van der Waals surface area contributed by atoms with Gasteiger partial charge in [0, 0.05) is 42.6 Å². The SMILES string of the molecule is COc1ccc(NC(=O)[C@@H](NC(=O)[C@@H]2CCCN2C(=O)CCC2CCCCC2)c2ccc(OCCOCCOCCOCCOCCOCCNC(=O)CCCC[C@@H]3SC[C@@H]4NC(=O)N[C@@H]43)cc2)cc1. The number of carbonyl (C=O) groups excluding carboxylic acids is 5. The normalized spacial score (nSPS) is 20.3. The maximum absolute atomic E-state index is 13.8. The first-order valence-corrected chi connectivity index (χ1v) is 26.4. The fourth-order valence-electron chi connectivity index (χ4n) is 9.29. The standard InChI is InChI=1S/C51H76N6O12S/c1-63-40-20-16-39(17-21-40)53-50(61)47(55-49(60)43-10-7-24-57(43)46(59)22-13-37-8-3-2-4-9-37)38-14-18-41(19-15-38)69-35-34-68-33-32-67-31-30-66-29-28-65-27-26-64-25-23-52-45(58)12-6-5-11-44-48-42(36-70-44)54-51(62)56-48/h14-21,37,42-44,47-48H,2-13,22-36H2,1H3,(H,52,58)(H,53,61)(H,55,60)(H2,54,56,62)/t42-,43-,44-,47-,48-/m0/s1. The van der Waals surface area contributed by atoms with Gasteiger partial charge in [-0.3, -0.25) is 19.2 Å². The van der Waals surface area contributed by atoms with Crippen LogP contribution in [0, 0.1) is 5.92 Å². The van der Waals surface area contributed by atoms with Gasteiger partial charge in [-0.1, -0.05) is 50.7 Å². The van der Waals surface area contributed by atoms with Gasteiger partial charge in [0.2, 0.25) is 17.7 Å². The minimum atomic E-state index is -1.02. The number of likely N-dealkylation sites (tertiary alicyclic amines) is 1. The Morgan fingerprint density at radius 1 is 0.714 bits per heavy atom. The first-order chi connectivity index (χ1) is 34.3. The van der Waals surface area contributed by atoms with Crippen LogP contribution in [-0.2, 0) is 42.9 Å². The van der Waals surface area contributed by atoms with Crippen LogP contribution in [-0.4, -0.2) is 157 Å². The van der Waals surface area contributed by atoms with Crippen LogP contribution in [0.2, 0.25) is 0 Å². The number of benzene rings is 2. The number of rotatable bonds is 33. The molecular weight excluding hydrogens is 921 g/mol. The Morgan fingerprint density at radius 3 is 2.03 bits per heavy atom. The van der Waals surface area contributed by atoms with Crippen molar-refractivity contribution in [2.45, 2.75) is 113 Å². The summed E-state index contributed by atoms with van der Waals surface area (Å²) in [5.41, 5.74) is 1.12. The van der Waals surface area contributed by atoms with Crippen molar-refractivity contribution in [2.24, 2.45) is 5.92 Å². The van der Waals surface area contributed by atoms with Gasteiger partial charge < -0.3 is 64.6 Å². The number of hydrogen-bond donors (Lipinski definition) is 5. The number of nitrogens with zero attached hydrogens (tertiary/aromatic N) is 1. The number of fused-ring (bicyclic) bond motifs is 1. The summed E-state index contributed by atoms with van der Waals surface area (Å²) in [7, 11) is 1.57. The van der Waals surface area contributed by atoms with Crippen LogP contribution in [0.4, 0.5) is 10.5 Å². The predicted molar refractivity (Wildman–Crippen MR) is 266 cm³/mol. The van der Waals surface area contributed by atoms with E-state index in [1.54, 1.807) is 60.5 Å². The zero-order chi connectivity index (χ0) is 49.2. The van der Waals surface area contributed by atoms with E-state index in [4.69, 9.17) is 33.2 Å². The number of ether oxygens (including phenoxy) is 7. The Morgan fingerprint density at radius 2 is 1.36 bits per heavy atom. The summed E-state index contributed by atoms with van der Waals surface area (Å²) < 4.78 is 39.0. The minimum absolute atomic E-state index is 0.0111. The van der Waals surface area contributed by atoms with Gasteiger partial charge in [0.1, 0.15) is 30.2 Å². The van der Waals surface area contributed by atoms with Gasteiger partial charge in [0.15, 0.2) is 0 Å². The molecule has 0 spiro atoms. The van der Waals surface area contributed by atoms with E-state index in [-0.39, 0.29) is 35.8 Å². The molecule has 3 aliphatic heterocycles. The number of carbonyl (C=O) groups is 5. The minimum Gasteiger partial charge on any atom is -0.497 e. The van der Waals surface area contributed by atoms with E-state index in [0.29, 0.717) is 139 Å². The topological polar surface area (TPSA) is 213 Å². The van der Waals surface area contributed by atoms with Crippen LogP contribution in [0.25, 0.3) is 0 Å². The molecule has 3 heterocycles. The molecule has 0 aromatic heterocycles. The average molecular weight is 997 g/mol. The molecule has 3 saturated heterocycles.